The highest BCUT2D eigenvalue weighted by atomic mass is 32.2. The molecule has 0 bridgehead atoms. The number of hydrogen-bond donors (Lipinski definition) is 0. The van der Waals surface area contributed by atoms with Crippen LogP contribution < -0.4 is 0 Å². The first kappa shape index (κ1) is 33.7. The van der Waals surface area contributed by atoms with E-state index in [-0.39, 0.29) is 5.97 Å². The van der Waals surface area contributed by atoms with Gasteiger partial charge in [0.15, 0.2) is 0 Å². The van der Waals surface area contributed by atoms with Crippen LogP contribution in [0.5, 0.6) is 0 Å². The molecule has 4 nitrogen and oxygen atoms in total. The van der Waals surface area contributed by atoms with E-state index in [0.29, 0.717) is 12.5 Å². The first-order valence-corrected chi connectivity index (χ1v) is 15.6. The van der Waals surface area contributed by atoms with Crippen LogP contribution in [0, 0.1) is 0 Å². The third-order valence-electron chi connectivity index (χ3n) is 6.67. The van der Waals surface area contributed by atoms with Crippen molar-refractivity contribution in [2.24, 2.45) is 0 Å². The minimum absolute atomic E-state index is 0.0609. The second-order valence-corrected chi connectivity index (χ2v) is 11.4. The number of unbranched alkanes of at least 4 members (excludes halogenated alkanes) is 14. The first-order chi connectivity index (χ1) is 16.5. The van der Waals surface area contributed by atoms with Crippen molar-refractivity contribution in [3.8, 4) is 0 Å². The average Bonchev–Trinajstić information content (AvgIpc) is 2.82. The lowest BCUT2D eigenvalue weighted by Crippen LogP contribution is -2.34. The van der Waals surface area contributed by atoms with Crippen LogP contribution in [0.3, 0.4) is 0 Å². The number of methoxy groups -OCH3 is 1. The fraction of sp³-hybridized carbons (Fsp3) is 0.966. The van der Waals surface area contributed by atoms with Gasteiger partial charge in [-0.15, -0.1) is 0 Å². The Kier molecular flexibility index (Phi) is 25.6. The maximum absolute atomic E-state index is 12.2. The van der Waals surface area contributed by atoms with Crippen LogP contribution in [0.2, 0.25) is 0 Å². The van der Waals surface area contributed by atoms with Crippen molar-refractivity contribution in [1.82, 2.24) is 9.21 Å². The van der Waals surface area contributed by atoms with E-state index in [4.69, 9.17) is 4.74 Å². The normalized spacial score (nSPS) is 12.6. The summed E-state index contributed by atoms with van der Waals surface area (Å²) in [6, 6.07) is 0.300. The van der Waals surface area contributed by atoms with Crippen LogP contribution in [0.4, 0.5) is 0 Å². The van der Waals surface area contributed by atoms with E-state index in [1.54, 1.807) is 0 Å². The molecule has 0 aliphatic heterocycles. The zero-order chi connectivity index (χ0) is 25.3. The summed E-state index contributed by atoms with van der Waals surface area (Å²) in [5.41, 5.74) is 0. The van der Waals surface area contributed by atoms with Gasteiger partial charge in [0.25, 0.3) is 0 Å². The Morgan fingerprint density at radius 2 is 1.21 bits per heavy atom. The maximum atomic E-state index is 12.2. The van der Waals surface area contributed by atoms with Crippen LogP contribution in [0.25, 0.3) is 0 Å². The molecule has 0 saturated carbocycles. The number of carbonyl (C=O) groups excluding carboxylic acids is 1. The molecule has 0 radical (unpaired) electrons. The predicted molar refractivity (Wildman–Crippen MR) is 153 cm³/mol. The van der Waals surface area contributed by atoms with Gasteiger partial charge in [0.1, 0.15) is 0 Å². The van der Waals surface area contributed by atoms with Gasteiger partial charge in [-0.1, -0.05) is 122 Å². The molecule has 0 N–H and O–H groups in total. The van der Waals surface area contributed by atoms with Crippen molar-refractivity contribution < 1.29 is 9.53 Å². The van der Waals surface area contributed by atoms with Gasteiger partial charge in [0, 0.05) is 18.3 Å². The summed E-state index contributed by atoms with van der Waals surface area (Å²) < 4.78 is 7.61. The molecule has 34 heavy (non-hydrogen) atoms. The van der Waals surface area contributed by atoms with Gasteiger partial charge in [-0.3, -0.25) is 4.79 Å². The molecule has 0 amide bonds. The molecule has 0 aliphatic rings. The van der Waals surface area contributed by atoms with E-state index in [0.717, 1.165) is 25.9 Å². The molecule has 0 rings (SSSR count). The summed E-state index contributed by atoms with van der Waals surface area (Å²) in [6.45, 7) is 6.70. The molecule has 0 aromatic heterocycles. The Labute approximate surface area is 218 Å². The van der Waals surface area contributed by atoms with E-state index in [1.807, 2.05) is 11.9 Å². The highest BCUT2D eigenvalue weighted by Crippen LogP contribution is 2.24. The summed E-state index contributed by atoms with van der Waals surface area (Å²) in [5, 5.41) is 0. The number of rotatable bonds is 26. The number of carbonyl (C=O) groups is 1. The van der Waals surface area contributed by atoms with E-state index >= 15 is 0 Å². The number of nitrogens with zero attached hydrogens (tertiary/aromatic N) is 2. The van der Waals surface area contributed by atoms with Crippen molar-refractivity contribution in [2.45, 2.75) is 142 Å². The summed E-state index contributed by atoms with van der Waals surface area (Å²) in [7, 11) is 5.81. The van der Waals surface area contributed by atoms with Crippen molar-refractivity contribution >= 4 is 17.9 Å². The number of esters is 1. The van der Waals surface area contributed by atoms with Crippen LogP contribution in [0.15, 0.2) is 0 Å². The largest absolute Gasteiger partial charge is 0.469 e. The van der Waals surface area contributed by atoms with Crippen LogP contribution in [0.1, 0.15) is 136 Å². The lowest BCUT2D eigenvalue weighted by atomic mass is 10.0. The quantitative estimate of drug-likeness (QED) is 0.0675. The summed E-state index contributed by atoms with van der Waals surface area (Å²) in [6.07, 6.45) is 24.4. The molecule has 0 aliphatic carbocycles. The Bertz CT molecular complexity index is 434. The van der Waals surface area contributed by atoms with Gasteiger partial charge in [0.2, 0.25) is 0 Å². The highest BCUT2D eigenvalue weighted by Gasteiger charge is 2.22. The van der Waals surface area contributed by atoms with Crippen LogP contribution >= 0.6 is 11.9 Å². The van der Waals surface area contributed by atoms with E-state index in [1.165, 1.54) is 116 Å². The monoisotopic (exact) mass is 500 g/mol. The maximum Gasteiger partial charge on any atom is 0.307 e. The smallest absolute Gasteiger partial charge is 0.307 e. The molecule has 5 heteroatoms. The molecule has 0 heterocycles. The summed E-state index contributed by atoms with van der Waals surface area (Å²) >= 11 is 1.99. The van der Waals surface area contributed by atoms with Gasteiger partial charge in [-0.05, 0) is 39.9 Å². The van der Waals surface area contributed by atoms with E-state index in [9.17, 15) is 4.79 Å². The molecular weight excluding hydrogens is 440 g/mol. The molecule has 0 spiro atoms. The summed E-state index contributed by atoms with van der Waals surface area (Å²) in [4.78, 5) is 14.5. The zero-order valence-electron chi connectivity index (χ0n) is 23.8. The topological polar surface area (TPSA) is 32.8 Å². The van der Waals surface area contributed by atoms with Gasteiger partial charge in [-0.25, -0.2) is 4.31 Å². The second kappa shape index (κ2) is 25.8. The minimum Gasteiger partial charge on any atom is -0.469 e. The van der Waals surface area contributed by atoms with E-state index < -0.39 is 0 Å². The van der Waals surface area contributed by atoms with Gasteiger partial charge >= 0.3 is 5.97 Å². The van der Waals surface area contributed by atoms with E-state index in [2.05, 4.69) is 37.1 Å². The van der Waals surface area contributed by atoms with Crippen molar-refractivity contribution in [1.29, 1.82) is 0 Å². The van der Waals surface area contributed by atoms with Crippen LogP contribution in [-0.4, -0.2) is 61.3 Å². The third kappa shape index (κ3) is 22.2. The first-order valence-electron chi connectivity index (χ1n) is 14.7. The Hall–Kier alpha value is -0.260. The van der Waals surface area contributed by atoms with Crippen LogP contribution in [-0.2, 0) is 9.53 Å². The Balaban J connectivity index is 4.50. The molecule has 0 aromatic carbocycles. The molecule has 1 unspecified atom stereocenters. The van der Waals surface area contributed by atoms with Gasteiger partial charge in [0.05, 0.1) is 13.5 Å². The SMILES string of the molecule is CCCCCCCCCCCSN(CCCN(C)C)C(CCCCCCCCC)CC(=O)OC. The average molecular weight is 501 g/mol. The zero-order valence-corrected chi connectivity index (χ0v) is 24.6. The second-order valence-electron chi connectivity index (χ2n) is 10.3. The molecule has 1 atom stereocenters. The lowest BCUT2D eigenvalue weighted by Gasteiger charge is -2.30. The fourth-order valence-corrected chi connectivity index (χ4v) is 5.67. The van der Waals surface area contributed by atoms with Crippen molar-refractivity contribution in [3.63, 3.8) is 0 Å². The molecule has 0 aromatic rings. The van der Waals surface area contributed by atoms with Crippen molar-refractivity contribution in [3.05, 3.63) is 0 Å². The molecule has 0 fully saturated rings. The Morgan fingerprint density at radius 1 is 0.706 bits per heavy atom. The number of ether oxygens (including phenoxy) is 1. The summed E-state index contributed by atoms with van der Waals surface area (Å²) in [5.74, 6) is 1.11. The minimum atomic E-state index is -0.0609. The molecule has 204 valence electrons. The van der Waals surface area contributed by atoms with Gasteiger partial charge < -0.3 is 9.64 Å². The third-order valence-corrected chi connectivity index (χ3v) is 7.95. The molecular formula is C29H60N2O2S. The predicted octanol–water partition coefficient (Wildman–Crippen LogP) is 8.49. The van der Waals surface area contributed by atoms with Gasteiger partial charge in [-0.2, -0.15) is 0 Å². The fourth-order valence-electron chi connectivity index (χ4n) is 4.45. The van der Waals surface area contributed by atoms with Crippen molar-refractivity contribution in [2.75, 3.05) is 40.0 Å². The molecule has 0 saturated heterocycles. The Morgan fingerprint density at radius 3 is 1.71 bits per heavy atom. The highest BCUT2D eigenvalue weighted by molar-refractivity contribution is 7.97. The standard InChI is InChI=1S/C29H60N2O2S/c1-6-8-10-12-14-15-17-19-21-26-34-31(25-22-24-30(3)4)28(27-29(32)33-5)23-20-18-16-13-11-9-7-2/h28H,6-27H2,1-5H3. The number of hydrogen-bond acceptors (Lipinski definition) is 5. The lowest BCUT2D eigenvalue weighted by molar-refractivity contribution is -0.141.